The average molecular weight is 775 g/mol. The molecule has 0 unspecified atom stereocenters. The van der Waals surface area contributed by atoms with Gasteiger partial charge in [-0.15, -0.1) is 0 Å². The van der Waals surface area contributed by atoms with Crippen molar-refractivity contribution < 1.29 is 0 Å². The van der Waals surface area contributed by atoms with Gasteiger partial charge in [-0.1, -0.05) is 170 Å². The van der Waals surface area contributed by atoms with Crippen LogP contribution in [-0.4, -0.2) is 0 Å². The highest BCUT2D eigenvalue weighted by Gasteiger charge is 2.24. The molecule has 0 aromatic heterocycles. The fourth-order valence-corrected chi connectivity index (χ4v) is 8.74. The highest BCUT2D eigenvalue weighted by Crippen LogP contribution is 2.44. The van der Waals surface area contributed by atoms with Crippen molar-refractivity contribution in [3.05, 3.63) is 259 Å². The third-order valence-electron chi connectivity index (χ3n) is 11.8. The van der Waals surface area contributed by atoms with E-state index in [0.717, 1.165) is 61.2 Å². The Morgan fingerprint density at radius 3 is 2.02 bits per heavy atom. The minimum atomic E-state index is 0.955. The van der Waals surface area contributed by atoms with Crippen LogP contribution in [0.15, 0.2) is 253 Å². The van der Waals surface area contributed by atoms with Crippen molar-refractivity contribution in [2.24, 2.45) is 0 Å². The number of benzene rings is 6. The second kappa shape index (κ2) is 18.2. The van der Waals surface area contributed by atoms with Gasteiger partial charge in [0, 0.05) is 34.2 Å². The van der Waals surface area contributed by atoms with Crippen molar-refractivity contribution in [1.29, 1.82) is 0 Å². The summed E-state index contributed by atoms with van der Waals surface area (Å²) in [5.41, 5.74) is 16.1. The van der Waals surface area contributed by atoms with Crippen molar-refractivity contribution >= 4 is 39.1 Å². The molecule has 0 fully saturated rings. The van der Waals surface area contributed by atoms with Gasteiger partial charge in [0.05, 0.1) is 11.4 Å². The summed E-state index contributed by atoms with van der Waals surface area (Å²) in [4.78, 5) is 4.81. The number of fused-ring (bicyclic) bond motifs is 1. The second-order valence-corrected chi connectivity index (χ2v) is 15.5. The maximum Gasteiger partial charge on any atom is 0.0540 e. The molecule has 6 aromatic rings. The number of para-hydroxylation sites is 2. The van der Waals surface area contributed by atoms with Crippen LogP contribution in [0.2, 0.25) is 0 Å². The van der Waals surface area contributed by atoms with Crippen molar-refractivity contribution in [2.45, 2.75) is 38.5 Å². The van der Waals surface area contributed by atoms with Crippen LogP contribution in [0.5, 0.6) is 0 Å². The fraction of sp³-hybridized carbons (Fsp3) is 0.103. The Labute approximate surface area is 355 Å². The number of rotatable bonds is 12. The summed E-state index contributed by atoms with van der Waals surface area (Å²) in [5, 5.41) is 2.48. The van der Waals surface area contributed by atoms with Crippen molar-refractivity contribution in [3.8, 4) is 11.1 Å². The summed E-state index contributed by atoms with van der Waals surface area (Å²) in [5.74, 6) is 0. The van der Waals surface area contributed by atoms with E-state index in [2.05, 4.69) is 229 Å². The Morgan fingerprint density at radius 1 is 0.550 bits per heavy atom. The monoisotopic (exact) mass is 774 g/mol. The van der Waals surface area contributed by atoms with Crippen LogP contribution in [0, 0.1) is 0 Å². The Morgan fingerprint density at radius 2 is 1.23 bits per heavy atom. The zero-order valence-electron chi connectivity index (χ0n) is 34.1. The first-order valence-electron chi connectivity index (χ1n) is 21.3. The minimum Gasteiger partial charge on any atom is -0.317 e. The van der Waals surface area contributed by atoms with Gasteiger partial charge in [-0.25, -0.2) is 0 Å². The quantitative estimate of drug-likeness (QED) is 0.114. The largest absolute Gasteiger partial charge is 0.317 e. The molecule has 0 radical (unpaired) electrons. The Balaban J connectivity index is 1.10. The van der Waals surface area contributed by atoms with Gasteiger partial charge >= 0.3 is 0 Å². The third-order valence-corrected chi connectivity index (χ3v) is 11.8. The molecule has 0 amide bonds. The van der Waals surface area contributed by atoms with Crippen LogP contribution >= 0.6 is 0 Å². The molecule has 0 atom stereocenters. The summed E-state index contributed by atoms with van der Waals surface area (Å²) in [6.07, 6.45) is 30.8. The normalized spacial score (nSPS) is 15.5. The van der Waals surface area contributed by atoms with Gasteiger partial charge < -0.3 is 9.80 Å². The maximum absolute atomic E-state index is 4.12. The lowest BCUT2D eigenvalue weighted by Crippen LogP contribution is -2.20. The van der Waals surface area contributed by atoms with Crippen LogP contribution in [0.3, 0.4) is 0 Å². The lowest BCUT2D eigenvalue weighted by molar-refractivity contribution is 0.881. The number of nitrogens with zero attached hydrogens (tertiary/aromatic N) is 2. The molecule has 0 heterocycles. The van der Waals surface area contributed by atoms with Gasteiger partial charge in [-0.3, -0.25) is 0 Å². The van der Waals surface area contributed by atoms with Gasteiger partial charge in [-0.2, -0.15) is 0 Å². The first kappa shape index (κ1) is 38.4. The Bertz CT molecular complexity index is 2750. The van der Waals surface area contributed by atoms with Crippen LogP contribution in [0.1, 0.15) is 44.1 Å². The van der Waals surface area contributed by atoms with E-state index in [4.69, 9.17) is 0 Å². The Kier molecular flexibility index (Phi) is 11.6. The SMILES string of the molecule is C=C/C(=C\C=C\N(c1ccccc1)c1ccccc1C1=CC=C(C2=C(N(c3ccc(-c4ccccc4)cc3)c3cccc4ccccc34)C=CCC2)CC1)C1=CCCC=C1. The number of anilines is 4. The number of hydrogen-bond donors (Lipinski definition) is 0. The fourth-order valence-electron chi connectivity index (χ4n) is 8.74. The smallest absolute Gasteiger partial charge is 0.0540 e. The molecule has 0 spiro atoms. The van der Waals surface area contributed by atoms with E-state index in [1.165, 1.54) is 61.1 Å². The highest BCUT2D eigenvalue weighted by atomic mass is 15.2. The molecule has 9 rings (SSSR count). The molecule has 0 N–H and O–H groups in total. The standard InChI is InChI=1S/C58H50N2/c1-2-44(45-20-6-3-7-21-45)26-19-43-59(51-27-10-5-11-28-51)56-32-16-14-29-53(56)49-35-37-50(38-36-49)55-31-15-17-33-57(55)60(58-34-18-25-48-24-12-13-30-54(48)58)52-41-39-47(40-42-52)46-22-8-4-9-23-46/h2,4-6,8-14,16-30,32-35,37,39-43H,1,3,7,15,31,36,38H2/b43-19+,44-26+. The van der Waals surface area contributed by atoms with E-state index >= 15 is 0 Å². The molecule has 6 aromatic carbocycles. The minimum absolute atomic E-state index is 0.955. The van der Waals surface area contributed by atoms with E-state index in [1.54, 1.807) is 0 Å². The van der Waals surface area contributed by atoms with Crippen molar-refractivity contribution in [2.75, 3.05) is 9.80 Å². The van der Waals surface area contributed by atoms with E-state index in [9.17, 15) is 0 Å². The molecule has 0 saturated carbocycles. The van der Waals surface area contributed by atoms with Crippen LogP contribution in [0.4, 0.5) is 22.7 Å². The highest BCUT2D eigenvalue weighted by molar-refractivity contribution is 5.98. The lowest BCUT2D eigenvalue weighted by Gasteiger charge is -2.33. The molecule has 2 heteroatoms. The molecule has 3 aliphatic rings. The third kappa shape index (κ3) is 8.23. The molecule has 0 aliphatic heterocycles. The topological polar surface area (TPSA) is 6.48 Å². The van der Waals surface area contributed by atoms with E-state index < -0.39 is 0 Å². The van der Waals surface area contributed by atoms with Crippen LogP contribution in [-0.2, 0) is 0 Å². The van der Waals surface area contributed by atoms with E-state index in [0.29, 0.717) is 0 Å². The van der Waals surface area contributed by atoms with Crippen molar-refractivity contribution in [3.63, 3.8) is 0 Å². The van der Waals surface area contributed by atoms with Gasteiger partial charge in [0.15, 0.2) is 0 Å². The molecular formula is C58H50N2. The van der Waals surface area contributed by atoms with Gasteiger partial charge in [0.2, 0.25) is 0 Å². The Hall–Kier alpha value is -7.16. The van der Waals surface area contributed by atoms with E-state index in [-0.39, 0.29) is 0 Å². The molecule has 292 valence electrons. The van der Waals surface area contributed by atoms with Crippen molar-refractivity contribution in [1.82, 2.24) is 0 Å². The summed E-state index contributed by atoms with van der Waals surface area (Å²) >= 11 is 0. The summed E-state index contributed by atoms with van der Waals surface area (Å²) in [6.45, 7) is 4.12. The second-order valence-electron chi connectivity index (χ2n) is 15.5. The van der Waals surface area contributed by atoms with Crippen LogP contribution in [0.25, 0.3) is 27.5 Å². The predicted octanol–water partition coefficient (Wildman–Crippen LogP) is 16.1. The summed E-state index contributed by atoms with van der Waals surface area (Å²) < 4.78 is 0. The number of hydrogen-bond acceptors (Lipinski definition) is 2. The number of allylic oxidation sites excluding steroid dienone is 15. The molecule has 3 aliphatic carbocycles. The molecule has 60 heavy (non-hydrogen) atoms. The summed E-state index contributed by atoms with van der Waals surface area (Å²) in [7, 11) is 0. The zero-order chi connectivity index (χ0) is 40.5. The van der Waals surface area contributed by atoms with Gasteiger partial charge in [-0.05, 0) is 131 Å². The van der Waals surface area contributed by atoms with Gasteiger partial charge in [0.25, 0.3) is 0 Å². The van der Waals surface area contributed by atoms with Crippen LogP contribution < -0.4 is 9.80 Å². The molecule has 2 nitrogen and oxygen atoms in total. The zero-order valence-corrected chi connectivity index (χ0v) is 34.1. The summed E-state index contributed by atoms with van der Waals surface area (Å²) in [6, 6.07) is 54.7. The first-order valence-corrected chi connectivity index (χ1v) is 21.3. The molecule has 0 bridgehead atoms. The average Bonchev–Trinajstić information content (AvgIpc) is 3.33. The lowest BCUT2D eigenvalue weighted by atomic mass is 9.85. The van der Waals surface area contributed by atoms with E-state index in [1.807, 2.05) is 6.08 Å². The maximum atomic E-state index is 4.12. The van der Waals surface area contributed by atoms with Gasteiger partial charge in [0.1, 0.15) is 0 Å². The predicted molar refractivity (Wildman–Crippen MR) is 258 cm³/mol. The molecule has 0 saturated heterocycles. The molecular weight excluding hydrogens is 725 g/mol. The first-order chi connectivity index (χ1) is 29.7.